The third kappa shape index (κ3) is 1.02. The smallest absolute Gasteiger partial charge is 0.0452 e. The molecule has 1 aliphatic heterocycles. The molecule has 3 rings (SSSR count). The molecule has 1 nitrogen and oxygen atoms in total. The van der Waals surface area contributed by atoms with E-state index in [0.29, 0.717) is 5.92 Å². The second kappa shape index (κ2) is 2.88. The monoisotopic (exact) mass is 181 g/mol. The van der Waals surface area contributed by atoms with Crippen LogP contribution in [-0.4, -0.2) is 0 Å². The fraction of sp³-hybridized carbons (Fsp3) is 0.0769. The molecule has 68 valence electrons. The lowest BCUT2D eigenvalue weighted by molar-refractivity contribution is 0.995. The quantitative estimate of drug-likeness (QED) is 0.643. The molecule has 14 heavy (non-hydrogen) atoms. The zero-order chi connectivity index (χ0) is 9.38. The van der Waals surface area contributed by atoms with Crippen LogP contribution in [0.5, 0.6) is 0 Å². The van der Waals surface area contributed by atoms with Crippen LogP contribution >= 0.6 is 0 Å². The van der Waals surface area contributed by atoms with Crippen molar-refractivity contribution in [1.29, 1.82) is 0 Å². The highest BCUT2D eigenvalue weighted by Gasteiger charge is 2.23. The van der Waals surface area contributed by atoms with Crippen LogP contribution in [0.4, 0.5) is 5.69 Å². The van der Waals surface area contributed by atoms with E-state index in [1.807, 2.05) is 6.07 Å². The number of benzene rings is 1. The summed E-state index contributed by atoms with van der Waals surface area (Å²) >= 11 is 0. The van der Waals surface area contributed by atoms with E-state index in [1.54, 1.807) is 0 Å². The number of hydrogen-bond donors (Lipinski definition) is 0. The summed E-state index contributed by atoms with van der Waals surface area (Å²) in [5.41, 5.74) is 2.59. The van der Waals surface area contributed by atoms with Gasteiger partial charge in [0.05, 0.1) is 0 Å². The van der Waals surface area contributed by atoms with E-state index in [4.69, 9.17) is 0 Å². The van der Waals surface area contributed by atoms with E-state index in [-0.39, 0.29) is 0 Å². The van der Waals surface area contributed by atoms with Crippen LogP contribution in [-0.2, 0) is 0 Å². The Balaban J connectivity index is 1.99. The molecule has 2 aliphatic rings. The molecular weight excluding hydrogens is 170 g/mol. The zero-order valence-electron chi connectivity index (χ0n) is 7.80. The summed E-state index contributed by atoms with van der Waals surface area (Å²) in [7, 11) is 0. The number of anilines is 1. The van der Waals surface area contributed by atoms with E-state index in [1.165, 1.54) is 11.4 Å². The minimum absolute atomic E-state index is 0.496. The van der Waals surface area contributed by atoms with Gasteiger partial charge < -0.3 is 4.90 Å². The third-order valence-electron chi connectivity index (χ3n) is 2.68. The van der Waals surface area contributed by atoms with Crippen molar-refractivity contribution in [3.63, 3.8) is 0 Å². The van der Waals surface area contributed by atoms with Gasteiger partial charge in [-0.2, -0.15) is 0 Å². The minimum atomic E-state index is 0.496. The standard InChI is InChI=1S/C13H11N/c1-2-6-12(7-3-1)14-10-9-11-5-4-8-13(11)14/h1-11H. The molecule has 1 aromatic rings. The summed E-state index contributed by atoms with van der Waals surface area (Å²) in [6.07, 6.45) is 10.9. The fourth-order valence-electron chi connectivity index (χ4n) is 1.98. The average Bonchev–Trinajstić information content (AvgIpc) is 2.79. The Bertz CT molecular complexity index is 426. The Labute approximate surface area is 83.7 Å². The van der Waals surface area contributed by atoms with E-state index in [2.05, 4.69) is 59.7 Å². The van der Waals surface area contributed by atoms with Crippen molar-refractivity contribution in [3.8, 4) is 0 Å². The lowest BCUT2D eigenvalue weighted by atomic mass is 10.1. The van der Waals surface area contributed by atoms with Gasteiger partial charge in [0.2, 0.25) is 0 Å². The zero-order valence-corrected chi connectivity index (χ0v) is 7.80. The summed E-state index contributed by atoms with van der Waals surface area (Å²) in [4.78, 5) is 2.24. The number of fused-ring (bicyclic) bond motifs is 1. The topological polar surface area (TPSA) is 3.24 Å². The number of para-hydroxylation sites is 1. The first-order chi connectivity index (χ1) is 6.95. The predicted molar refractivity (Wildman–Crippen MR) is 58.8 cm³/mol. The highest BCUT2D eigenvalue weighted by molar-refractivity contribution is 5.61. The number of hydrogen-bond acceptors (Lipinski definition) is 1. The Morgan fingerprint density at radius 3 is 2.71 bits per heavy atom. The van der Waals surface area contributed by atoms with Gasteiger partial charge in [0.25, 0.3) is 0 Å². The van der Waals surface area contributed by atoms with Crippen LogP contribution in [0.25, 0.3) is 0 Å². The molecule has 1 unspecified atom stereocenters. The van der Waals surface area contributed by atoms with Crippen molar-refractivity contribution in [2.45, 2.75) is 0 Å². The van der Waals surface area contributed by atoms with Crippen LogP contribution in [0.2, 0.25) is 0 Å². The van der Waals surface area contributed by atoms with Gasteiger partial charge in [-0.1, -0.05) is 36.4 Å². The number of nitrogens with zero attached hydrogens (tertiary/aromatic N) is 1. The first-order valence-corrected chi connectivity index (χ1v) is 4.86. The Hall–Kier alpha value is -1.76. The van der Waals surface area contributed by atoms with Crippen molar-refractivity contribution in [3.05, 3.63) is 66.5 Å². The van der Waals surface area contributed by atoms with Gasteiger partial charge in [-0.25, -0.2) is 0 Å². The molecule has 0 amide bonds. The molecule has 0 bridgehead atoms. The second-order valence-corrected chi connectivity index (χ2v) is 3.55. The Kier molecular flexibility index (Phi) is 1.57. The van der Waals surface area contributed by atoms with Crippen molar-refractivity contribution in [2.24, 2.45) is 5.92 Å². The molecule has 1 heteroatoms. The summed E-state index contributed by atoms with van der Waals surface area (Å²) in [5, 5.41) is 0. The van der Waals surface area contributed by atoms with Gasteiger partial charge in [0.15, 0.2) is 0 Å². The van der Waals surface area contributed by atoms with Gasteiger partial charge in [-0.3, -0.25) is 0 Å². The molecule has 0 radical (unpaired) electrons. The fourth-order valence-corrected chi connectivity index (χ4v) is 1.98. The first-order valence-electron chi connectivity index (χ1n) is 4.86. The molecule has 0 aromatic heterocycles. The Morgan fingerprint density at radius 1 is 1.00 bits per heavy atom. The maximum Gasteiger partial charge on any atom is 0.0452 e. The molecular formula is C13H11N. The minimum Gasteiger partial charge on any atom is -0.320 e. The highest BCUT2D eigenvalue weighted by atomic mass is 15.1. The van der Waals surface area contributed by atoms with Crippen molar-refractivity contribution in [2.75, 3.05) is 4.90 Å². The molecule has 0 spiro atoms. The lowest BCUT2D eigenvalue weighted by Gasteiger charge is -2.18. The third-order valence-corrected chi connectivity index (χ3v) is 2.68. The Morgan fingerprint density at radius 2 is 1.86 bits per heavy atom. The summed E-state index contributed by atoms with van der Waals surface area (Å²) < 4.78 is 0. The summed E-state index contributed by atoms with van der Waals surface area (Å²) in [5.74, 6) is 0.496. The molecule has 0 saturated carbocycles. The molecule has 0 fully saturated rings. The van der Waals surface area contributed by atoms with Crippen molar-refractivity contribution >= 4 is 5.69 Å². The van der Waals surface area contributed by atoms with Gasteiger partial charge in [0.1, 0.15) is 0 Å². The van der Waals surface area contributed by atoms with Crippen LogP contribution in [0.3, 0.4) is 0 Å². The van der Waals surface area contributed by atoms with Crippen LogP contribution in [0.15, 0.2) is 66.5 Å². The lowest BCUT2D eigenvalue weighted by Crippen LogP contribution is -2.12. The van der Waals surface area contributed by atoms with Gasteiger partial charge >= 0.3 is 0 Å². The molecule has 1 aliphatic carbocycles. The molecule has 1 heterocycles. The predicted octanol–water partition coefficient (Wildman–Crippen LogP) is 3.09. The molecule has 1 aromatic carbocycles. The van der Waals surface area contributed by atoms with Gasteiger partial charge in [0, 0.05) is 23.5 Å². The van der Waals surface area contributed by atoms with E-state index in [9.17, 15) is 0 Å². The maximum absolute atomic E-state index is 2.24. The van der Waals surface area contributed by atoms with Gasteiger partial charge in [-0.05, 0) is 18.2 Å². The molecule has 0 N–H and O–H groups in total. The molecule has 0 saturated heterocycles. The molecule has 1 atom stereocenters. The number of allylic oxidation sites excluding steroid dienone is 3. The van der Waals surface area contributed by atoms with Crippen LogP contribution < -0.4 is 4.90 Å². The highest BCUT2D eigenvalue weighted by Crippen LogP contribution is 2.34. The van der Waals surface area contributed by atoms with Crippen molar-refractivity contribution in [1.82, 2.24) is 0 Å². The van der Waals surface area contributed by atoms with E-state index >= 15 is 0 Å². The van der Waals surface area contributed by atoms with Crippen LogP contribution in [0, 0.1) is 5.92 Å². The second-order valence-electron chi connectivity index (χ2n) is 3.55. The number of rotatable bonds is 1. The normalized spacial score (nSPS) is 22.7. The maximum atomic E-state index is 2.24. The summed E-state index contributed by atoms with van der Waals surface area (Å²) in [6.45, 7) is 0. The SMILES string of the molecule is C1=CC2C=CN(c3ccccc3)C2=C1. The summed E-state index contributed by atoms with van der Waals surface area (Å²) in [6, 6.07) is 10.4. The van der Waals surface area contributed by atoms with Crippen molar-refractivity contribution < 1.29 is 0 Å². The van der Waals surface area contributed by atoms with E-state index < -0.39 is 0 Å². The largest absolute Gasteiger partial charge is 0.320 e. The van der Waals surface area contributed by atoms with Gasteiger partial charge in [-0.15, -0.1) is 0 Å². The van der Waals surface area contributed by atoms with E-state index in [0.717, 1.165) is 0 Å². The van der Waals surface area contributed by atoms with Crippen LogP contribution in [0.1, 0.15) is 0 Å². The average molecular weight is 181 g/mol. The first kappa shape index (κ1) is 7.63.